The van der Waals surface area contributed by atoms with Gasteiger partial charge in [-0.05, 0) is 45.7 Å². The van der Waals surface area contributed by atoms with Crippen LogP contribution in [0.15, 0.2) is 24.5 Å². The molecule has 1 amide bonds. The molecule has 5 rings (SSSR count). The second-order valence-corrected chi connectivity index (χ2v) is 7.89. The standard InChI is InChI=1S/C21H27N5O/c1-13-5-6-19(14(2)7-13)24-20(27)11-26-17-8-18(26)10-25(9-17)21-15(3)16(4)22-12-23-21/h5-7,12,17-18H,8-11H2,1-4H3,(H,24,27). The molecule has 0 radical (unpaired) electrons. The number of carbonyl (C=O) groups is 1. The largest absolute Gasteiger partial charge is 0.353 e. The molecule has 0 aliphatic carbocycles. The Bertz CT molecular complexity index is 869. The van der Waals surface area contributed by atoms with Crippen LogP contribution in [0.2, 0.25) is 0 Å². The summed E-state index contributed by atoms with van der Waals surface area (Å²) in [5.41, 5.74) is 5.40. The number of amides is 1. The Morgan fingerprint density at radius 3 is 2.59 bits per heavy atom. The van der Waals surface area contributed by atoms with Gasteiger partial charge in [-0.3, -0.25) is 9.69 Å². The molecule has 1 aromatic heterocycles. The van der Waals surface area contributed by atoms with Crippen molar-refractivity contribution in [3.05, 3.63) is 46.9 Å². The molecular weight excluding hydrogens is 338 g/mol. The lowest BCUT2D eigenvalue weighted by molar-refractivity contribution is -0.121. The number of fused-ring (bicyclic) bond motifs is 2. The molecule has 3 aliphatic rings. The van der Waals surface area contributed by atoms with E-state index in [0.717, 1.165) is 47.8 Å². The number of anilines is 2. The predicted octanol–water partition coefficient (Wildman–Crippen LogP) is 2.61. The van der Waals surface area contributed by atoms with Gasteiger partial charge in [-0.1, -0.05) is 17.7 Å². The van der Waals surface area contributed by atoms with E-state index in [1.807, 2.05) is 26.0 Å². The Kier molecular flexibility index (Phi) is 4.60. The molecule has 0 spiro atoms. The van der Waals surface area contributed by atoms with Gasteiger partial charge >= 0.3 is 0 Å². The van der Waals surface area contributed by atoms with E-state index in [-0.39, 0.29) is 5.91 Å². The van der Waals surface area contributed by atoms with Crippen molar-refractivity contribution in [1.29, 1.82) is 0 Å². The number of rotatable bonds is 4. The molecule has 2 atom stereocenters. The van der Waals surface area contributed by atoms with E-state index in [0.29, 0.717) is 18.6 Å². The quantitative estimate of drug-likeness (QED) is 0.902. The molecule has 0 saturated carbocycles. The molecule has 2 bridgehead atoms. The minimum atomic E-state index is 0.0687. The van der Waals surface area contributed by atoms with E-state index < -0.39 is 0 Å². The molecule has 27 heavy (non-hydrogen) atoms. The molecule has 3 fully saturated rings. The van der Waals surface area contributed by atoms with Gasteiger partial charge in [0.15, 0.2) is 0 Å². The summed E-state index contributed by atoms with van der Waals surface area (Å²) in [7, 11) is 0. The molecule has 1 N–H and O–H groups in total. The van der Waals surface area contributed by atoms with Crippen LogP contribution in [0.1, 0.15) is 28.8 Å². The van der Waals surface area contributed by atoms with Crippen LogP contribution in [0.4, 0.5) is 11.5 Å². The SMILES string of the molecule is Cc1ccc(NC(=O)CN2C3CC2CN(c2ncnc(C)c2C)C3)c(C)c1. The maximum Gasteiger partial charge on any atom is 0.238 e. The van der Waals surface area contributed by atoms with Crippen LogP contribution in [0, 0.1) is 27.7 Å². The first-order chi connectivity index (χ1) is 12.9. The molecule has 3 aliphatic heterocycles. The summed E-state index contributed by atoms with van der Waals surface area (Å²) in [6.45, 7) is 10.5. The molecule has 6 nitrogen and oxygen atoms in total. The van der Waals surface area contributed by atoms with Gasteiger partial charge in [0, 0.05) is 42.1 Å². The highest BCUT2D eigenvalue weighted by Gasteiger charge is 2.45. The Hall–Kier alpha value is -2.47. The fourth-order valence-electron chi connectivity index (χ4n) is 4.27. The van der Waals surface area contributed by atoms with Crippen LogP contribution in [-0.2, 0) is 4.79 Å². The second-order valence-electron chi connectivity index (χ2n) is 7.89. The zero-order valence-corrected chi connectivity index (χ0v) is 16.5. The van der Waals surface area contributed by atoms with E-state index >= 15 is 0 Å². The zero-order valence-electron chi connectivity index (χ0n) is 16.5. The van der Waals surface area contributed by atoms with Crippen molar-refractivity contribution < 1.29 is 4.79 Å². The van der Waals surface area contributed by atoms with Gasteiger partial charge in [-0.2, -0.15) is 0 Å². The van der Waals surface area contributed by atoms with E-state index in [4.69, 9.17) is 0 Å². The van der Waals surface area contributed by atoms with Crippen molar-refractivity contribution >= 4 is 17.4 Å². The van der Waals surface area contributed by atoms with Gasteiger partial charge in [0.25, 0.3) is 0 Å². The Morgan fingerprint density at radius 2 is 1.89 bits per heavy atom. The van der Waals surface area contributed by atoms with Gasteiger partial charge in [0.2, 0.25) is 5.91 Å². The molecule has 6 heteroatoms. The number of hydrogen-bond donors (Lipinski definition) is 1. The van der Waals surface area contributed by atoms with Crippen LogP contribution in [-0.4, -0.2) is 52.5 Å². The highest BCUT2D eigenvalue weighted by Crippen LogP contribution is 2.35. The number of aryl methyl sites for hydroxylation is 3. The van der Waals surface area contributed by atoms with Gasteiger partial charge in [0.1, 0.15) is 12.1 Å². The van der Waals surface area contributed by atoms with Crippen molar-refractivity contribution in [2.45, 2.75) is 46.2 Å². The summed E-state index contributed by atoms with van der Waals surface area (Å²) >= 11 is 0. The second kappa shape index (κ2) is 6.93. The first-order valence-corrected chi connectivity index (χ1v) is 9.58. The number of piperidine rings is 1. The molecule has 4 heterocycles. The number of hydrogen-bond acceptors (Lipinski definition) is 5. The van der Waals surface area contributed by atoms with Gasteiger partial charge < -0.3 is 10.2 Å². The third-order valence-corrected chi connectivity index (χ3v) is 5.94. The average molecular weight is 365 g/mol. The minimum Gasteiger partial charge on any atom is -0.353 e. The van der Waals surface area contributed by atoms with Crippen molar-refractivity contribution in [2.75, 3.05) is 29.9 Å². The lowest BCUT2D eigenvalue weighted by atomic mass is 9.87. The number of nitrogens with zero attached hydrogens (tertiary/aromatic N) is 4. The molecule has 3 saturated heterocycles. The lowest BCUT2D eigenvalue weighted by Gasteiger charge is -2.56. The Balaban J connectivity index is 1.37. The molecule has 1 aromatic carbocycles. The van der Waals surface area contributed by atoms with Crippen LogP contribution in [0.3, 0.4) is 0 Å². The smallest absolute Gasteiger partial charge is 0.238 e. The monoisotopic (exact) mass is 365 g/mol. The number of nitrogens with one attached hydrogen (secondary N) is 1. The number of benzene rings is 1. The Labute approximate surface area is 160 Å². The fourth-order valence-corrected chi connectivity index (χ4v) is 4.27. The first-order valence-electron chi connectivity index (χ1n) is 9.58. The fraction of sp³-hybridized carbons (Fsp3) is 0.476. The summed E-state index contributed by atoms with van der Waals surface area (Å²) in [6.07, 6.45) is 2.81. The lowest BCUT2D eigenvalue weighted by Crippen LogP contribution is -2.70. The van der Waals surface area contributed by atoms with Gasteiger partial charge in [0.05, 0.1) is 6.54 Å². The molecule has 2 unspecified atom stereocenters. The van der Waals surface area contributed by atoms with Crippen molar-refractivity contribution in [3.8, 4) is 0 Å². The maximum absolute atomic E-state index is 12.5. The summed E-state index contributed by atoms with van der Waals surface area (Å²) in [4.78, 5) is 26.0. The highest BCUT2D eigenvalue weighted by atomic mass is 16.2. The minimum absolute atomic E-state index is 0.0687. The molecule has 2 aromatic rings. The maximum atomic E-state index is 12.5. The van der Waals surface area contributed by atoms with Crippen LogP contribution < -0.4 is 10.2 Å². The van der Waals surface area contributed by atoms with Gasteiger partial charge in [-0.25, -0.2) is 9.97 Å². The zero-order chi connectivity index (χ0) is 19.1. The first kappa shape index (κ1) is 17.9. The van der Waals surface area contributed by atoms with Crippen LogP contribution in [0.25, 0.3) is 0 Å². The van der Waals surface area contributed by atoms with Gasteiger partial charge in [-0.15, -0.1) is 0 Å². The van der Waals surface area contributed by atoms with E-state index in [9.17, 15) is 4.79 Å². The normalized spacial score (nSPS) is 21.7. The topological polar surface area (TPSA) is 61.4 Å². The van der Waals surface area contributed by atoms with Crippen molar-refractivity contribution in [2.24, 2.45) is 0 Å². The van der Waals surface area contributed by atoms with Crippen LogP contribution in [0.5, 0.6) is 0 Å². The van der Waals surface area contributed by atoms with E-state index in [1.165, 1.54) is 5.56 Å². The summed E-state index contributed by atoms with van der Waals surface area (Å²) in [5, 5.41) is 3.07. The van der Waals surface area contributed by atoms with E-state index in [2.05, 4.69) is 45.0 Å². The average Bonchev–Trinajstić information content (AvgIpc) is 2.64. The van der Waals surface area contributed by atoms with Crippen LogP contribution >= 0.6 is 0 Å². The number of piperazine rings is 1. The van der Waals surface area contributed by atoms with E-state index in [1.54, 1.807) is 6.33 Å². The summed E-state index contributed by atoms with van der Waals surface area (Å²) in [6, 6.07) is 6.95. The third kappa shape index (κ3) is 3.41. The highest BCUT2D eigenvalue weighted by molar-refractivity contribution is 5.93. The van der Waals surface area contributed by atoms with Crippen molar-refractivity contribution in [3.63, 3.8) is 0 Å². The number of carbonyl (C=O) groups excluding carboxylic acids is 1. The summed E-state index contributed by atoms with van der Waals surface area (Å²) in [5.74, 6) is 1.11. The molecule has 142 valence electrons. The predicted molar refractivity (Wildman–Crippen MR) is 107 cm³/mol. The number of aromatic nitrogens is 2. The third-order valence-electron chi connectivity index (χ3n) is 5.94. The summed E-state index contributed by atoms with van der Waals surface area (Å²) < 4.78 is 0. The van der Waals surface area contributed by atoms with Crippen molar-refractivity contribution in [1.82, 2.24) is 14.9 Å². The molecular formula is C21H27N5O. The Morgan fingerprint density at radius 1 is 1.15 bits per heavy atom.